The molecule has 1 aliphatic rings. The van der Waals surface area contributed by atoms with Crippen LogP contribution in [-0.2, 0) is 11.3 Å². The Labute approximate surface area is 125 Å². The molecule has 116 valence electrons. The molecule has 5 heteroatoms. The zero-order valence-electron chi connectivity index (χ0n) is 12.7. The van der Waals surface area contributed by atoms with Gasteiger partial charge in [0, 0.05) is 20.2 Å². The van der Waals surface area contributed by atoms with Crippen LogP contribution in [0.4, 0.5) is 0 Å². The molecule has 1 fully saturated rings. The lowest BCUT2D eigenvalue weighted by Crippen LogP contribution is -2.36. The molecule has 1 aliphatic heterocycles. The van der Waals surface area contributed by atoms with Gasteiger partial charge in [0.15, 0.2) is 0 Å². The Kier molecular flexibility index (Phi) is 5.59. The van der Waals surface area contributed by atoms with Crippen LogP contribution < -0.4 is 4.74 Å². The highest BCUT2D eigenvalue weighted by molar-refractivity contribution is 5.90. The molecule has 5 nitrogen and oxygen atoms in total. The number of methoxy groups -OCH3 is 2. The number of hydrogen-bond acceptors (Lipinski definition) is 4. The van der Waals surface area contributed by atoms with E-state index in [2.05, 4.69) is 4.90 Å². The Bertz CT molecular complexity index is 487. The van der Waals surface area contributed by atoms with Crippen molar-refractivity contribution >= 4 is 5.97 Å². The third-order valence-electron chi connectivity index (χ3n) is 3.91. The minimum Gasteiger partial charge on any atom is -0.496 e. The van der Waals surface area contributed by atoms with Crippen LogP contribution >= 0.6 is 0 Å². The largest absolute Gasteiger partial charge is 0.496 e. The van der Waals surface area contributed by atoms with Crippen LogP contribution in [0.3, 0.4) is 0 Å². The second kappa shape index (κ2) is 7.43. The van der Waals surface area contributed by atoms with Crippen molar-refractivity contribution in [3.63, 3.8) is 0 Å². The molecule has 1 aromatic rings. The molecule has 21 heavy (non-hydrogen) atoms. The van der Waals surface area contributed by atoms with E-state index in [1.807, 2.05) is 12.1 Å². The highest BCUT2D eigenvalue weighted by atomic mass is 16.5. The van der Waals surface area contributed by atoms with E-state index in [1.54, 1.807) is 13.2 Å². The van der Waals surface area contributed by atoms with Gasteiger partial charge in [-0.3, -0.25) is 4.90 Å². The first-order valence-electron chi connectivity index (χ1n) is 7.25. The van der Waals surface area contributed by atoms with Gasteiger partial charge in [0.05, 0.1) is 13.7 Å². The van der Waals surface area contributed by atoms with Crippen molar-refractivity contribution in [3.8, 4) is 5.75 Å². The summed E-state index contributed by atoms with van der Waals surface area (Å²) in [4.78, 5) is 13.5. The van der Waals surface area contributed by atoms with Gasteiger partial charge in [0.2, 0.25) is 0 Å². The van der Waals surface area contributed by atoms with E-state index >= 15 is 0 Å². The van der Waals surface area contributed by atoms with Gasteiger partial charge in [0.25, 0.3) is 0 Å². The van der Waals surface area contributed by atoms with Gasteiger partial charge in [-0.25, -0.2) is 4.79 Å². The highest BCUT2D eigenvalue weighted by Gasteiger charge is 2.20. The summed E-state index contributed by atoms with van der Waals surface area (Å²) < 4.78 is 10.4. The number of nitrogens with zero attached hydrogens (tertiary/aromatic N) is 1. The molecular weight excluding hydrogens is 270 g/mol. The minimum absolute atomic E-state index is 0.206. The van der Waals surface area contributed by atoms with Crippen molar-refractivity contribution in [3.05, 3.63) is 29.3 Å². The average Bonchev–Trinajstić information content (AvgIpc) is 2.47. The van der Waals surface area contributed by atoms with Gasteiger partial charge < -0.3 is 14.6 Å². The lowest BCUT2D eigenvalue weighted by Gasteiger charge is -2.32. The molecule has 1 heterocycles. The maximum Gasteiger partial charge on any atom is 0.339 e. The standard InChI is InChI=1S/C16H23NO4/c1-20-11-13-4-3-7-17(10-13)9-12-5-6-14(16(18)19)15(8-12)21-2/h5-6,8,13H,3-4,7,9-11H2,1-2H3,(H,18,19). The summed E-state index contributed by atoms with van der Waals surface area (Å²) in [6, 6.07) is 5.31. The third-order valence-corrected chi connectivity index (χ3v) is 3.91. The molecule has 1 saturated heterocycles. The van der Waals surface area contributed by atoms with Crippen LogP contribution in [0.25, 0.3) is 0 Å². The van der Waals surface area contributed by atoms with Crippen molar-refractivity contribution < 1.29 is 19.4 Å². The minimum atomic E-state index is -0.962. The molecule has 0 bridgehead atoms. The fourth-order valence-corrected chi connectivity index (χ4v) is 2.94. The van der Waals surface area contributed by atoms with Crippen LogP contribution in [0, 0.1) is 5.92 Å². The van der Waals surface area contributed by atoms with E-state index in [-0.39, 0.29) is 5.56 Å². The number of hydrogen-bond donors (Lipinski definition) is 1. The van der Waals surface area contributed by atoms with Gasteiger partial charge in [0.1, 0.15) is 11.3 Å². The monoisotopic (exact) mass is 293 g/mol. The van der Waals surface area contributed by atoms with Gasteiger partial charge in [-0.15, -0.1) is 0 Å². The maximum absolute atomic E-state index is 11.1. The molecule has 1 aromatic carbocycles. The van der Waals surface area contributed by atoms with Crippen molar-refractivity contribution in [1.29, 1.82) is 0 Å². The number of benzene rings is 1. The summed E-state index contributed by atoms with van der Waals surface area (Å²) in [5, 5.41) is 9.10. The van der Waals surface area contributed by atoms with E-state index in [9.17, 15) is 4.79 Å². The van der Waals surface area contributed by atoms with Crippen LogP contribution in [0.5, 0.6) is 5.75 Å². The molecule has 0 radical (unpaired) electrons. The predicted octanol–water partition coefficient (Wildman–Crippen LogP) is 2.25. The number of carbonyl (C=O) groups is 1. The second-order valence-electron chi connectivity index (χ2n) is 5.54. The lowest BCUT2D eigenvalue weighted by molar-refractivity contribution is 0.0693. The summed E-state index contributed by atoms with van der Waals surface area (Å²) in [6.07, 6.45) is 2.39. The van der Waals surface area contributed by atoms with E-state index in [0.717, 1.165) is 31.8 Å². The highest BCUT2D eigenvalue weighted by Crippen LogP contribution is 2.23. The smallest absolute Gasteiger partial charge is 0.339 e. The zero-order valence-corrected chi connectivity index (χ0v) is 12.7. The third kappa shape index (κ3) is 4.19. The first kappa shape index (κ1) is 15.8. The number of carboxylic acids is 1. The summed E-state index contributed by atoms with van der Waals surface area (Å²) in [6.45, 7) is 3.72. The van der Waals surface area contributed by atoms with E-state index in [0.29, 0.717) is 11.7 Å². The van der Waals surface area contributed by atoms with Gasteiger partial charge in [-0.05, 0) is 43.0 Å². The fraction of sp³-hybridized carbons (Fsp3) is 0.562. The molecule has 0 aromatic heterocycles. The Balaban J connectivity index is 2.04. The molecule has 0 aliphatic carbocycles. The van der Waals surface area contributed by atoms with Crippen LogP contribution in [0.2, 0.25) is 0 Å². The molecule has 1 unspecified atom stereocenters. The van der Waals surface area contributed by atoms with Crippen molar-refractivity contribution in [1.82, 2.24) is 4.90 Å². The normalized spacial score (nSPS) is 19.4. The van der Waals surface area contributed by atoms with Gasteiger partial charge >= 0.3 is 5.97 Å². The SMILES string of the molecule is COCC1CCCN(Cc2ccc(C(=O)O)c(OC)c2)C1. The number of carboxylic acid groups (broad SMARTS) is 1. The first-order valence-corrected chi connectivity index (χ1v) is 7.25. The van der Waals surface area contributed by atoms with E-state index in [4.69, 9.17) is 14.6 Å². The summed E-state index contributed by atoms with van der Waals surface area (Å²) in [5.41, 5.74) is 1.28. The average molecular weight is 293 g/mol. The number of aromatic carboxylic acids is 1. The van der Waals surface area contributed by atoms with Crippen molar-refractivity contribution in [2.75, 3.05) is 33.9 Å². The van der Waals surface area contributed by atoms with Gasteiger partial charge in [-0.1, -0.05) is 6.07 Å². The van der Waals surface area contributed by atoms with E-state index < -0.39 is 5.97 Å². The first-order chi connectivity index (χ1) is 10.1. The number of piperidine rings is 1. The molecule has 1 N–H and O–H groups in total. The zero-order chi connectivity index (χ0) is 15.2. The second-order valence-corrected chi connectivity index (χ2v) is 5.54. The maximum atomic E-state index is 11.1. The molecule has 0 amide bonds. The van der Waals surface area contributed by atoms with Crippen LogP contribution in [0.1, 0.15) is 28.8 Å². The lowest BCUT2D eigenvalue weighted by atomic mass is 9.98. The number of ether oxygens (including phenoxy) is 2. The van der Waals surface area contributed by atoms with E-state index in [1.165, 1.54) is 20.0 Å². The van der Waals surface area contributed by atoms with Crippen LogP contribution in [0.15, 0.2) is 18.2 Å². The predicted molar refractivity (Wildman–Crippen MR) is 79.8 cm³/mol. The Morgan fingerprint density at radius 2 is 2.24 bits per heavy atom. The Morgan fingerprint density at radius 3 is 2.90 bits per heavy atom. The summed E-state index contributed by atoms with van der Waals surface area (Å²) in [7, 11) is 3.25. The Hall–Kier alpha value is -1.59. The molecule has 1 atom stereocenters. The number of likely N-dealkylation sites (tertiary alicyclic amines) is 1. The topological polar surface area (TPSA) is 59.0 Å². The molecule has 2 rings (SSSR count). The van der Waals surface area contributed by atoms with Crippen LogP contribution in [-0.4, -0.2) is 49.9 Å². The molecule has 0 spiro atoms. The quantitative estimate of drug-likeness (QED) is 0.871. The van der Waals surface area contributed by atoms with Crippen molar-refractivity contribution in [2.45, 2.75) is 19.4 Å². The molecular formula is C16H23NO4. The number of rotatable bonds is 6. The summed E-state index contributed by atoms with van der Waals surface area (Å²) in [5.74, 6) is 0.0471. The Morgan fingerprint density at radius 1 is 1.43 bits per heavy atom. The van der Waals surface area contributed by atoms with Gasteiger partial charge in [-0.2, -0.15) is 0 Å². The van der Waals surface area contributed by atoms with Crippen molar-refractivity contribution in [2.24, 2.45) is 5.92 Å². The molecule has 0 saturated carbocycles. The summed E-state index contributed by atoms with van der Waals surface area (Å²) >= 11 is 0. The fourth-order valence-electron chi connectivity index (χ4n) is 2.94.